The minimum Gasteiger partial charge on any atom is -0.383 e. The molecule has 35 heavy (non-hydrogen) atoms. The van der Waals surface area contributed by atoms with Gasteiger partial charge in [0.2, 0.25) is 5.91 Å². The second-order valence-electron chi connectivity index (χ2n) is 8.50. The number of imidazole rings is 1. The number of halogens is 2. The largest absolute Gasteiger partial charge is 0.383 e. The van der Waals surface area contributed by atoms with E-state index >= 15 is 0 Å². The van der Waals surface area contributed by atoms with E-state index in [0.29, 0.717) is 16.7 Å². The van der Waals surface area contributed by atoms with Gasteiger partial charge in [-0.15, -0.1) is 0 Å². The molecule has 2 N–H and O–H groups in total. The van der Waals surface area contributed by atoms with Gasteiger partial charge in [-0.05, 0) is 43.0 Å². The second kappa shape index (κ2) is 8.47. The molecule has 1 aliphatic heterocycles. The van der Waals surface area contributed by atoms with Gasteiger partial charge in [0.05, 0.1) is 34.8 Å². The molecule has 0 radical (unpaired) electrons. The lowest BCUT2D eigenvalue weighted by Gasteiger charge is -2.21. The quantitative estimate of drug-likeness (QED) is 0.360. The van der Waals surface area contributed by atoms with Gasteiger partial charge in [-0.3, -0.25) is 4.79 Å². The molecule has 0 spiro atoms. The number of amides is 1. The Morgan fingerprint density at radius 1 is 1.29 bits per heavy atom. The molecule has 9 nitrogen and oxygen atoms in total. The number of hydrogen-bond donors (Lipinski definition) is 1. The van der Waals surface area contributed by atoms with Crippen LogP contribution in [0.2, 0.25) is 0 Å². The zero-order valence-electron chi connectivity index (χ0n) is 19.1. The van der Waals surface area contributed by atoms with Gasteiger partial charge >= 0.3 is 0 Å². The number of alkyl halides is 2. The lowest BCUT2D eigenvalue weighted by Crippen LogP contribution is -2.38. The highest BCUT2D eigenvalue weighted by Crippen LogP contribution is 2.34. The molecule has 0 aliphatic carbocycles. The standard InChI is InChI=1S/C24H22F2N8O/c1-4-20(35)33-10-15(9-19(33)22(25)26)34-24-21(23(27)28-11-29-24)16(31-34)6-5-14-8-17-18(7-13(14)2)32(3)12-30-17/h4,7-8,11-12,15,19,22H,1,9-10H2,2-3H3,(H2,27,28,29)/t15-,19+/m0/s1. The average molecular weight is 476 g/mol. The van der Waals surface area contributed by atoms with E-state index in [9.17, 15) is 13.6 Å². The summed E-state index contributed by atoms with van der Waals surface area (Å²) in [5.74, 6) is 5.82. The van der Waals surface area contributed by atoms with Crippen molar-refractivity contribution in [2.45, 2.75) is 31.9 Å². The number of nitrogen functional groups attached to an aromatic ring is 1. The van der Waals surface area contributed by atoms with Crippen molar-refractivity contribution in [2.75, 3.05) is 12.3 Å². The zero-order valence-corrected chi connectivity index (χ0v) is 19.1. The average Bonchev–Trinajstić information content (AvgIpc) is 3.53. The normalized spacial score (nSPS) is 17.8. The highest BCUT2D eigenvalue weighted by Gasteiger charge is 2.41. The van der Waals surface area contributed by atoms with E-state index in [4.69, 9.17) is 5.73 Å². The van der Waals surface area contributed by atoms with Crippen molar-refractivity contribution in [2.24, 2.45) is 7.05 Å². The number of hydrogen-bond acceptors (Lipinski definition) is 6. The summed E-state index contributed by atoms with van der Waals surface area (Å²) in [6.07, 6.45) is 1.38. The molecule has 11 heteroatoms. The second-order valence-corrected chi connectivity index (χ2v) is 8.50. The van der Waals surface area contributed by atoms with E-state index in [1.165, 1.54) is 11.0 Å². The highest BCUT2D eigenvalue weighted by molar-refractivity contribution is 5.91. The fraction of sp³-hybridized carbons (Fsp3) is 0.292. The predicted octanol–water partition coefficient (Wildman–Crippen LogP) is 2.60. The van der Waals surface area contributed by atoms with E-state index in [1.54, 1.807) is 6.33 Å². The Hall–Kier alpha value is -4.33. The number of fused-ring (bicyclic) bond motifs is 2. The molecule has 178 valence electrons. The third kappa shape index (κ3) is 3.77. The zero-order chi connectivity index (χ0) is 24.9. The Labute approximate surface area is 199 Å². The number of nitrogens with zero attached hydrogens (tertiary/aromatic N) is 7. The maximum atomic E-state index is 13.7. The lowest BCUT2D eigenvalue weighted by atomic mass is 10.1. The van der Waals surface area contributed by atoms with Crippen LogP contribution in [0, 0.1) is 18.8 Å². The van der Waals surface area contributed by atoms with Crippen LogP contribution >= 0.6 is 0 Å². The van der Waals surface area contributed by atoms with Crippen molar-refractivity contribution < 1.29 is 13.6 Å². The molecule has 0 unspecified atom stereocenters. The summed E-state index contributed by atoms with van der Waals surface area (Å²) >= 11 is 0. The summed E-state index contributed by atoms with van der Waals surface area (Å²) in [6, 6.07) is 2.14. The minimum absolute atomic E-state index is 0.0141. The highest BCUT2D eigenvalue weighted by atomic mass is 19.3. The topological polar surface area (TPSA) is 108 Å². The van der Waals surface area contributed by atoms with Crippen LogP contribution in [0.25, 0.3) is 22.1 Å². The molecule has 0 saturated carbocycles. The maximum absolute atomic E-state index is 13.7. The van der Waals surface area contributed by atoms with Crippen LogP contribution in [0.4, 0.5) is 14.6 Å². The minimum atomic E-state index is -2.70. The van der Waals surface area contributed by atoms with E-state index in [2.05, 4.69) is 38.5 Å². The number of likely N-dealkylation sites (tertiary alicyclic amines) is 1. The predicted molar refractivity (Wildman–Crippen MR) is 127 cm³/mol. The van der Waals surface area contributed by atoms with Gasteiger partial charge in [0.25, 0.3) is 6.43 Å². The smallest absolute Gasteiger partial charge is 0.258 e. The van der Waals surface area contributed by atoms with Gasteiger partial charge in [-0.1, -0.05) is 12.5 Å². The van der Waals surface area contributed by atoms with E-state index in [-0.39, 0.29) is 18.8 Å². The van der Waals surface area contributed by atoms with Crippen LogP contribution in [-0.4, -0.2) is 59.1 Å². The Balaban J connectivity index is 1.58. The van der Waals surface area contributed by atoms with Crippen LogP contribution in [0.3, 0.4) is 0 Å². The third-order valence-corrected chi connectivity index (χ3v) is 6.32. The molecule has 5 rings (SSSR count). The van der Waals surface area contributed by atoms with Crippen molar-refractivity contribution in [1.29, 1.82) is 0 Å². The van der Waals surface area contributed by atoms with Crippen LogP contribution in [0.1, 0.15) is 29.3 Å². The molecule has 0 bridgehead atoms. The molecule has 1 fully saturated rings. The Morgan fingerprint density at radius 2 is 2.09 bits per heavy atom. The van der Waals surface area contributed by atoms with Crippen LogP contribution in [0.15, 0.2) is 37.4 Å². The van der Waals surface area contributed by atoms with E-state index in [0.717, 1.165) is 33.1 Å². The number of anilines is 1. The van der Waals surface area contributed by atoms with Gasteiger partial charge in [-0.2, -0.15) is 5.10 Å². The monoisotopic (exact) mass is 476 g/mol. The number of carbonyl (C=O) groups is 1. The number of rotatable bonds is 3. The molecule has 1 aliphatic rings. The Kier molecular flexibility index (Phi) is 5.43. The van der Waals surface area contributed by atoms with E-state index in [1.807, 2.05) is 30.7 Å². The van der Waals surface area contributed by atoms with Crippen molar-refractivity contribution in [3.63, 3.8) is 0 Å². The summed E-state index contributed by atoms with van der Waals surface area (Å²) in [4.78, 5) is 26.0. The number of aryl methyl sites for hydroxylation is 2. The van der Waals surface area contributed by atoms with E-state index < -0.39 is 24.4 Å². The summed E-state index contributed by atoms with van der Waals surface area (Å²) in [7, 11) is 1.92. The summed E-state index contributed by atoms with van der Waals surface area (Å²) in [5, 5.41) is 5.03. The Bertz CT molecular complexity index is 1540. The number of carbonyl (C=O) groups excluding carboxylic acids is 1. The summed E-state index contributed by atoms with van der Waals surface area (Å²) < 4.78 is 30.8. The first-order valence-corrected chi connectivity index (χ1v) is 10.9. The SMILES string of the molecule is C=CC(=O)N1C[C@@H](n2nc(C#Cc3cc4ncn(C)c4cc3C)c3c(N)ncnc32)C[C@@H]1C(F)F. The van der Waals surface area contributed by atoms with Crippen molar-refractivity contribution in [3.8, 4) is 11.8 Å². The molecule has 3 aromatic heterocycles. The first kappa shape index (κ1) is 22.5. The van der Waals surface area contributed by atoms with Gasteiger partial charge in [-0.25, -0.2) is 28.4 Å². The number of benzene rings is 1. The maximum Gasteiger partial charge on any atom is 0.258 e. The summed E-state index contributed by atoms with van der Waals surface area (Å²) in [5.41, 5.74) is 10.4. The molecule has 2 atom stereocenters. The van der Waals surface area contributed by atoms with Crippen LogP contribution < -0.4 is 5.73 Å². The van der Waals surface area contributed by atoms with Crippen LogP contribution in [0.5, 0.6) is 0 Å². The van der Waals surface area contributed by atoms with Crippen molar-refractivity contribution in [3.05, 3.63) is 54.3 Å². The number of aromatic nitrogens is 6. The van der Waals surface area contributed by atoms with Crippen molar-refractivity contribution in [1.82, 2.24) is 34.2 Å². The van der Waals surface area contributed by atoms with Gasteiger partial charge in [0, 0.05) is 19.2 Å². The molecular formula is C24H22F2N8O. The fourth-order valence-corrected chi connectivity index (χ4v) is 4.51. The molecule has 1 saturated heterocycles. The molecule has 4 aromatic rings. The van der Waals surface area contributed by atoms with Gasteiger partial charge in [0.1, 0.15) is 17.8 Å². The molecular weight excluding hydrogens is 454 g/mol. The number of nitrogens with two attached hydrogens (primary N) is 1. The summed E-state index contributed by atoms with van der Waals surface area (Å²) in [6.45, 7) is 5.42. The lowest BCUT2D eigenvalue weighted by molar-refractivity contribution is -0.129. The molecule has 1 aromatic carbocycles. The van der Waals surface area contributed by atoms with Crippen LogP contribution in [-0.2, 0) is 11.8 Å². The van der Waals surface area contributed by atoms with Crippen molar-refractivity contribution >= 4 is 33.8 Å². The van der Waals surface area contributed by atoms with Gasteiger partial charge in [0.15, 0.2) is 5.65 Å². The molecule has 4 heterocycles. The van der Waals surface area contributed by atoms with Gasteiger partial charge < -0.3 is 15.2 Å². The third-order valence-electron chi connectivity index (χ3n) is 6.32. The first-order valence-electron chi connectivity index (χ1n) is 10.9. The molecule has 1 amide bonds. The Morgan fingerprint density at radius 3 is 2.83 bits per heavy atom. The first-order chi connectivity index (χ1) is 16.8. The fourth-order valence-electron chi connectivity index (χ4n) is 4.51.